The average Bonchev–Trinajstić information content (AvgIpc) is 2.82. The molecule has 0 unspecified atom stereocenters. The first kappa shape index (κ1) is 14.5. The summed E-state index contributed by atoms with van der Waals surface area (Å²) in [6, 6.07) is 3.34. The largest absolute Gasteiger partial charge is 0.345 e. The van der Waals surface area contributed by atoms with Crippen molar-refractivity contribution in [3.05, 3.63) is 45.9 Å². The summed E-state index contributed by atoms with van der Waals surface area (Å²) in [6.07, 6.45) is 1.91. The van der Waals surface area contributed by atoms with Crippen LogP contribution in [0.25, 0.3) is 0 Å². The number of rotatable bonds is 3. The van der Waals surface area contributed by atoms with Crippen LogP contribution in [-0.2, 0) is 31.4 Å². The minimum absolute atomic E-state index is 0.134. The van der Waals surface area contributed by atoms with E-state index in [4.69, 9.17) is 0 Å². The third-order valence-electron chi connectivity index (χ3n) is 3.66. The van der Waals surface area contributed by atoms with E-state index < -0.39 is 17.4 Å². The SMILES string of the molecule is Cn1cnn(CC(=O)Nc2ccc3c(c2F)CCNC3)c1=O. The van der Waals surface area contributed by atoms with Crippen LogP contribution in [-0.4, -0.2) is 26.8 Å². The van der Waals surface area contributed by atoms with Crippen LogP contribution >= 0.6 is 0 Å². The number of hydrogen-bond donors (Lipinski definition) is 2. The number of carbonyl (C=O) groups is 1. The van der Waals surface area contributed by atoms with Gasteiger partial charge in [0.25, 0.3) is 0 Å². The van der Waals surface area contributed by atoms with Crippen LogP contribution in [0.15, 0.2) is 23.3 Å². The van der Waals surface area contributed by atoms with Crippen molar-refractivity contribution in [1.82, 2.24) is 19.7 Å². The molecule has 0 radical (unpaired) electrons. The molecule has 0 aliphatic carbocycles. The van der Waals surface area contributed by atoms with Crippen molar-refractivity contribution in [3.63, 3.8) is 0 Å². The molecule has 3 rings (SSSR count). The van der Waals surface area contributed by atoms with Crippen molar-refractivity contribution < 1.29 is 9.18 Å². The first-order valence-corrected chi connectivity index (χ1v) is 6.95. The average molecular weight is 305 g/mol. The predicted molar refractivity (Wildman–Crippen MR) is 77.9 cm³/mol. The van der Waals surface area contributed by atoms with Gasteiger partial charge in [-0.15, -0.1) is 0 Å². The van der Waals surface area contributed by atoms with Gasteiger partial charge in [-0.3, -0.25) is 9.36 Å². The number of nitrogens with zero attached hydrogens (tertiary/aromatic N) is 3. The lowest BCUT2D eigenvalue weighted by Gasteiger charge is -2.19. The Morgan fingerprint density at radius 1 is 1.50 bits per heavy atom. The Kier molecular flexibility index (Phi) is 3.76. The number of aromatic nitrogens is 3. The van der Waals surface area contributed by atoms with Crippen LogP contribution in [0.4, 0.5) is 10.1 Å². The molecule has 1 aromatic heterocycles. The molecule has 0 saturated heterocycles. The van der Waals surface area contributed by atoms with Crippen LogP contribution in [0.3, 0.4) is 0 Å². The molecular formula is C14H16FN5O2. The first-order valence-electron chi connectivity index (χ1n) is 6.95. The van der Waals surface area contributed by atoms with Crippen LogP contribution in [0.1, 0.15) is 11.1 Å². The lowest BCUT2D eigenvalue weighted by Crippen LogP contribution is -2.30. The standard InChI is InChI=1S/C14H16FN5O2/c1-19-8-17-20(14(19)22)7-12(21)18-11-3-2-9-6-16-5-4-10(9)13(11)15/h2-3,8,16H,4-7H2,1H3,(H,18,21). The Hall–Kier alpha value is -2.48. The Bertz CT molecular complexity index is 780. The summed E-state index contributed by atoms with van der Waals surface area (Å²) < 4.78 is 16.7. The normalized spacial score (nSPS) is 13.7. The molecule has 1 aromatic carbocycles. The van der Waals surface area contributed by atoms with E-state index in [1.807, 2.05) is 0 Å². The number of benzene rings is 1. The van der Waals surface area contributed by atoms with E-state index in [1.54, 1.807) is 19.2 Å². The Morgan fingerprint density at radius 2 is 2.32 bits per heavy atom. The molecule has 2 heterocycles. The van der Waals surface area contributed by atoms with Crippen molar-refractivity contribution in [2.45, 2.75) is 19.5 Å². The summed E-state index contributed by atoms with van der Waals surface area (Å²) in [5.41, 5.74) is 1.27. The molecule has 22 heavy (non-hydrogen) atoms. The molecule has 2 aromatic rings. The van der Waals surface area contributed by atoms with E-state index in [-0.39, 0.29) is 12.2 Å². The number of aryl methyl sites for hydroxylation is 1. The molecule has 1 aliphatic heterocycles. The zero-order valence-corrected chi connectivity index (χ0v) is 12.1. The summed E-state index contributed by atoms with van der Waals surface area (Å²) in [4.78, 5) is 23.6. The fraction of sp³-hybridized carbons (Fsp3) is 0.357. The maximum absolute atomic E-state index is 14.4. The minimum Gasteiger partial charge on any atom is -0.322 e. The van der Waals surface area contributed by atoms with Crippen LogP contribution in [0, 0.1) is 5.82 Å². The van der Waals surface area contributed by atoms with Gasteiger partial charge < -0.3 is 10.6 Å². The lowest BCUT2D eigenvalue weighted by molar-refractivity contribution is -0.117. The predicted octanol–water partition coefficient (Wildman–Crippen LogP) is 0.00530. The van der Waals surface area contributed by atoms with E-state index in [0.717, 1.165) is 10.2 Å². The number of amides is 1. The van der Waals surface area contributed by atoms with Crippen molar-refractivity contribution in [3.8, 4) is 0 Å². The third kappa shape index (κ3) is 2.64. The molecule has 1 amide bonds. The summed E-state index contributed by atoms with van der Waals surface area (Å²) >= 11 is 0. The van der Waals surface area contributed by atoms with Crippen molar-refractivity contribution in [2.75, 3.05) is 11.9 Å². The van der Waals surface area contributed by atoms with Gasteiger partial charge in [0.2, 0.25) is 5.91 Å². The maximum Gasteiger partial charge on any atom is 0.345 e. The molecular weight excluding hydrogens is 289 g/mol. The summed E-state index contributed by atoms with van der Waals surface area (Å²) in [5.74, 6) is -0.894. The van der Waals surface area contributed by atoms with Gasteiger partial charge >= 0.3 is 5.69 Å². The number of fused-ring (bicyclic) bond motifs is 1. The highest BCUT2D eigenvalue weighted by molar-refractivity contribution is 5.90. The van der Waals surface area contributed by atoms with Gasteiger partial charge in [-0.2, -0.15) is 5.10 Å². The second-order valence-corrected chi connectivity index (χ2v) is 5.22. The number of hydrogen-bond acceptors (Lipinski definition) is 4. The highest BCUT2D eigenvalue weighted by Gasteiger charge is 2.18. The highest BCUT2D eigenvalue weighted by atomic mass is 19.1. The van der Waals surface area contributed by atoms with Crippen LogP contribution in [0.5, 0.6) is 0 Å². The minimum atomic E-state index is -0.492. The van der Waals surface area contributed by atoms with Gasteiger partial charge in [-0.25, -0.2) is 13.9 Å². The van der Waals surface area contributed by atoms with E-state index in [1.165, 1.54) is 10.9 Å². The van der Waals surface area contributed by atoms with Gasteiger partial charge in [0.15, 0.2) is 0 Å². The Balaban J connectivity index is 1.77. The molecule has 0 fully saturated rings. The Labute approximate surface area is 125 Å². The quantitative estimate of drug-likeness (QED) is 0.837. The monoisotopic (exact) mass is 305 g/mol. The fourth-order valence-corrected chi connectivity index (χ4v) is 2.48. The van der Waals surface area contributed by atoms with Gasteiger partial charge in [-0.1, -0.05) is 6.07 Å². The molecule has 1 aliphatic rings. The number of carbonyl (C=O) groups excluding carboxylic acids is 1. The van der Waals surface area contributed by atoms with Crippen LogP contribution < -0.4 is 16.3 Å². The fourth-order valence-electron chi connectivity index (χ4n) is 2.48. The van der Waals surface area contributed by atoms with Gasteiger partial charge in [-0.05, 0) is 30.2 Å². The van der Waals surface area contributed by atoms with Crippen molar-refractivity contribution >= 4 is 11.6 Å². The molecule has 116 valence electrons. The molecule has 0 spiro atoms. The Morgan fingerprint density at radius 3 is 3.05 bits per heavy atom. The lowest BCUT2D eigenvalue weighted by atomic mass is 9.99. The second kappa shape index (κ2) is 5.72. The zero-order valence-electron chi connectivity index (χ0n) is 12.1. The summed E-state index contributed by atoms with van der Waals surface area (Å²) in [5, 5.41) is 9.46. The molecule has 2 N–H and O–H groups in total. The van der Waals surface area contributed by atoms with Gasteiger partial charge in [0, 0.05) is 13.6 Å². The van der Waals surface area contributed by atoms with Crippen LogP contribution in [0.2, 0.25) is 0 Å². The number of halogens is 1. The summed E-state index contributed by atoms with van der Waals surface area (Å²) in [7, 11) is 1.54. The highest BCUT2D eigenvalue weighted by Crippen LogP contribution is 2.24. The maximum atomic E-state index is 14.4. The molecule has 7 nitrogen and oxygen atoms in total. The third-order valence-corrected chi connectivity index (χ3v) is 3.66. The zero-order chi connectivity index (χ0) is 15.7. The second-order valence-electron chi connectivity index (χ2n) is 5.22. The van der Waals surface area contributed by atoms with E-state index in [2.05, 4.69) is 15.7 Å². The number of nitrogens with one attached hydrogen (secondary N) is 2. The van der Waals surface area contributed by atoms with Crippen molar-refractivity contribution in [2.24, 2.45) is 7.05 Å². The van der Waals surface area contributed by atoms with E-state index in [9.17, 15) is 14.0 Å². The van der Waals surface area contributed by atoms with E-state index >= 15 is 0 Å². The topological polar surface area (TPSA) is 81.0 Å². The molecule has 0 atom stereocenters. The van der Waals surface area contributed by atoms with E-state index in [0.29, 0.717) is 25.1 Å². The smallest absolute Gasteiger partial charge is 0.322 e. The molecule has 0 bridgehead atoms. The molecule has 8 heteroatoms. The van der Waals surface area contributed by atoms with Gasteiger partial charge in [0.05, 0.1) is 5.69 Å². The van der Waals surface area contributed by atoms with Gasteiger partial charge in [0.1, 0.15) is 18.7 Å². The summed E-state index contributed by atoms with van der Waals surface area (Å²) in [6.45, 7) is 1.09. The number of anilines is 1. The molecule has 0 saturated carbocycles. The van der Waals surface area contributed by atoms with Crippen molar-refractivity contribution in [1.29, 1.82) is 0 Å². The first-order chi connectivity index (χ1) is 10.6.